The van der Waals surface area contributed by atoms with Crippen LogP contribution >= 0.6 is 0 Å². The van der Waals surface area contributed by atoms with Crippen molar-refractivity contribution >= 4 is 29.0 Å². The summed E-state index contributed by atoms with van der Waals surface area (Å²) in [4.78, 5) is 41.8. The highest BCUT2D eigenvalue weighted by molar-refractivity contribution is 5.79. The molecule has 11 nitrogen and oxygen atoms in total. The molecule has 3 N–H and O–H groups in total. The van der Waals surface area contributed by atoms with Crippen molar-refractivity contribution in [2.24, 2.45) is 0 Å². The molecular weight excluding hydrogens is 582 g/mol. The van der Waals surface area contributed by atoms with E-state index in [0.29, 0.717) is 26.1 Å². The number of hydrogen-bond donors (Lipinski definition) is 2. The Morgan fingerprint density at radius 2 is 1.80 bits per heavy atom. The number of likely N-dealkylation sites (tertiary alicyclic amines) is 1. The molecule has 2 amide bonds. The summed E-state index contributed by atoms with van der Waals surface area (Å²) in [5.74, 6) is 1.37. The average Bonchev–Trinajstić information content (AvgIpc) is 3.39. The zero-order chi connectivity index (χ0) is 32.7. The fourth-order valence-corrected chi connectivity index (χ4v) is 6.02. The number of nitrogens with two attached hydrogens (primary N) is 1. The molecule has 11 heteroatoms. The Bertz CT molecular complexity index is 1610. The molecule has 46 heavy (non-hydrogen) atoms. The van der Waals surface area contributed by atoms with Gasteiger partial charge in [0.15, 0.2) is 0 Å². The Kier molecular flexibility index (Phi) is 10.5. The number of anilines is 1. The summed E-state index contributed by atoms with van der Waals surface area (Å²) < 4.78 is 13.2. The van der Waals surface area contributed by atoms with E-state index >= 15 is 0 Å². The molecule has 4 aromatic rings. The van der Waals surface area contributed by atoms with Gasteiger partial charge in [-0.3, -0.25) is 4.79 Å². The highest BCUT2D eigenvalue weighted by atomic mass is 16.6. The summed E-state index contributed by atoms with van der Waals surface area (Å²) in [6.07, 6.45) is 6.18. The molecule has 0 unspecified atom stereocenters. The topological polar surface area (TPSA) is 137 Å². The van der Waals surface area contributed by atoms with Crippen molar-refractivity contribution in [2.45, 2.75) is 77.0 Å². The Hall–Kier alpha value is -4.51. The molecule has 1 saturated heterocycles. The molecule has 1 fully saturated rings. The fourth-order valence-electron chi connectivity index (χ4n) is 6.02. The van der Waals surface area contributed by atoms with Crippen LogP contribution in [0, 0.1) is 0 Å². The molecule has 3 heterocycles. The molecule has 0 bridgehead atoms. The smallest absolute Gasteiger partial charge is 0.407 e. The number of methoxy groups -OCH3 is 1. The van der Waals surface area contributed by atoms with E-state index in [4.69, 9.17) is 20.2 Å². The lowest BCUT2D eigenvalue weighted by Gasteiger charge is -2.34. The van der Waals surface area contributed by atoms with Gasteiger partial charge in [0.25, 0.3) is 0 Å². The van der Waals surface area contributed by atoms with Crippen LogP contribution in [0.1, 0.15) is 63.8 Å². The number of para-hydroxylation sites is 2. The van der Waals surface area contributed by atoms with Crippen LogP contribution in [-0.4, -0.2) is 74.9 Å². The van der Waals surface area contributed by atoms with Crippen molar-refractivity contribution in [1.29, 1.82) is 0 Å². The molecule has 2 atom stereocenters. The fraction of sp³-hybridized carbons (Fsp3) is 0.457. The third-order valence-corrected chi connectivity index (χ3v) is 8.14. The van der Waals surface area contributed by atoms with E-state index in [2.05, 4.69) is 25.9 Å². The number of imidazole rings is 1. The lowest BCUT2D eigenvalue weighted by molar-refractivity contribution is -0.132. The van der Waals surface area contributed by atoms with Crippen LogP contribution in [0.15, 0.2) is 60.9 Å². The second-order valence-corrected chi connectivity index (χ2v) is 12.9. The van der Waals surface area contributed by atoms with Gasteiger partial charge in [-0.05, 0) is 69.7 Å². The van der Waals surface area contributed by atoms with E-state index in [1.54, 1.807) is 19.5 Å². The van der Waals surface area contributed by atoms with E-state index in [1.165, 1.54) is 0 Å². The maximum Gasteiger partial charge on any atom is 0.407 e. The number of carbonyl (C=O) groups is 2. The standard InChI is InChI=1S/C35H45N7O4/c1-35(2,3)46-34(44)39-28(19-24-12-14-25(15-13-24)27-21-37-33(36)38-22-27)20-31(43)41-16-7-9-26(23-41)32-40-29-10-5-6-11-30(29)42(32)17-8-18-45-4/h5-6,10-15,21-22,26,28H,7-9,16-20,23H2,1-4H3,(H,39,44)(H2,36,37,38)/t26-,28-/m1/s1. The summed E-state index contributed by atoms with van der Waals surface area (Å²) in [6, 6.07) is 15.7. The molecule has 1 aliphatic heterocycles. The lowest BCUT2D eigenvalue weighted by Crippen LogP contribution is -2.46. The minimum absolute atomic E-state index is 0.00319. The molecular formula is C35H45N7O4. The number of benzene rings is 2. The normalized spacial score (nSPS) is 15.9. The van der Waals surface area contributed by atoms with Gasteiger partial charge in [-0.15, -0.1) is 0 Å². The largest absolute Gasteiger partial charge is 0.444 e. The van der Waals surface area contributed by atoms with Crippen molar-refractivity contribution in [2.75, 3.05) is 32.5 Å². The minimum Gasteiger partial charge on any atom is -0.444 e. The van der Waals surface area contributed by atoms with Crippen molar-refractivity contribution in [3.8, 4) is 11.1 Å². The van der Waals surface area contributed by atoms with Crippen LogP contribution in [0.3, 0.4) is 0 Å². The Morgan fingerprint density at radius 3 is 2.52 bits per heavy atom. The Morgan fingerprint density at radius 1 is 1.07 bits per heavy atom. The van der Waals surface area contributed by atoms with Gasteiger partial charge in [0.2, 0.25) is 11.9 Å². The van der Waals surface area contributed by atoms with Crippen molar-refractivity contribution < 1.29 is 19.1 Å². The number of alkyl carbamates (subject to hydrolysis) is 1. The summed E-state index contributed by atoms with van der Waals surface area (Å²) in [7, 11) is 1.72. The first-order chi connectivity index (χ1) is 22.1. The van der Waals surface area contributed by atoms with Gasteiger partial charge in [-0.25, -0.2) is 19.7 Å². The summed E-state index contributed by atoms with van der Waals surface area (Å²) in [5.41, 5.74) is 9.83. The third kappa shape index (κ3) is 8.60. The number of carbonyl (C=O) groups excluding carboxylic acids is 2. The number of hydrogen-bond acceptors (Lipinski definition) is 8. The third-order valence-electron chi connectivity index (χ3n) is 8.14. The maximum absolute atomic E-state index is 13.8. The molecule has 244 valence electrons. The van der Waals surface area contributed by atoms with E-state index in [-0.39, 0.29) is 24.2 Å². The van der Waals surface area contributed by atoms with E-state index in [1.807, 2.05) is 68.1 Å². The van der Waals surface area contributed by atoms with Crippen LogP contribution in [0.25, 0.3) is 22.2 Å². The first-order valence-corrected chi connectivity index (χ1v) is 16.0. The molecule has 0 saturated carbocycles. The number of nitrogens with one attached hydrogen (secondary N) is 1. The monoisotopic (exact) mass is 627 g/mol. The predicted octanol–water partition coefficient (Wildman–Crippen LogP) is 5.34. The highest BCUT2D eigenvalue weighted by Crippen LogP contribution is 2.30. The number of fused-ring (bicyclic) bond motifs is 1. The van der Waals surface area contributed by atoms with E-state index < -0.39 is 17.7 Å². The van der Waals surface area contributed by atoms with Crippen LogP contribution in [0.4, 0.5) is 10.7 Å². The average molecular weight is 628 g/mol. The zero-order valence-corrected chi connectivity index (χ0v) is 27.2. The van der Waals surface area contributed by atoms with Gasteiger partial charge in [-0.1, -0.05) is 36.4 Å². The van der Waals surface area contributed by atoms with Gasteiger partial charge in [0.05, 0.1) is 11.0 Å². The number of ether oxygens (including phenoxy) is 2. The Labute approximate surface area is 270 Å². The quantitative estimate of drug-likeness (QED) is 0.213. The number of piperidine rings is 1. The molecule has 1 aliphatic rings. The molecule has 0 aliphatic carbocycles. The van der Waals surface area contributed by atoms with Crippen LogP contribution in [0.2, 0.25) is 0 Å². The number of rotatable bonds is 11. The molecule has 5 rings (SSSR count). The SMILES string of the molecule is COCCCn1c([C@@H]2CCCN(C(=O)C[C@@H](Cc3ccc(-c4cnc(N)nc4)cc3)NC(=O)OC(C)(C)C)C2)nc2ccccc21. The highest BCUT2D eigenvalue weighted by Gasteiger charge is 2.30. The van der Waals surface area contributed by atoms with E-state index in [9.17, 15) is 9.59 Å². The van der Waals surface area contributed by atoms with Crippen LogP contribution in [-0.2, 0) is 27.2 Å². The molecule has 2 aromatic carbocycles. The first-order valence-electron chi connectivity index (χ1n) is 16.0. The van der Waals surface area contributed by atoms with Crippen LogP contribution < -0.4 is 11.1 Å². The maximum atomic E-state index is 13.8. The van der Waals surface area contributed by atoms with Gasteiger partial charge in [0.1, 0.15) is 11.4 Å². The summed E-state index contributed by atoms with van der Waals surface area (Å²) in [6.45, 7) is 8.21. The van der Waals surface area contributed by atoms with Crippen molar-refractivity contribution in [3.63, 3.8) is 0 Å². The van der Waals surface area contributed by atoms with Crippen molar-refractivity contribution in [1.82, 2.24) is 29.7 Å². The van der Waals surface area contributed by atoms with Crippen molar-refractivity contribution in [3.05, 3.63) is 72.3 Å². The number of aryl methyl sites for hydroxylation is 1. The van der Waals surface area contributed by atoms with Gasteiger partial charge < -0.3 is 30.0 Å². The zero-order valence-electron chi connectivity index (χ0n) is 27.2. The minimum atomic E-state index is -0.657. The lowest BCUT2D eigenvalue weighted by atomic mass is 9.95. The second-order valence-electron chi connectivity index (χ2n) is 12.9. The van der Waals surface area contributed by atoms with Crippen LogP contribution in [0.5, 0.6) is 0 Å². The summed E-state index contributed by atoms with van der Waals surface area (Å²) in [5, 5.41) is 2.97. The number of aromatic nitrogens is 4. The Balaban J connectivity index is 1.30. The first kappa shape index (κ1) is 32.9. The summed E-state index contributed by atoms with van der Waals surface area (Å²) >= 11 is 0. The van der Waals surface area contributed by atoms with E-state index in [0.717, 1.165) is 59.4 Å². The molecule has 0 radical (unpaired) electrons. The number of nitrogen functional groups attached to an aromatic ring is 1. The second kappa shape index (κ2) is 14.7. The van der Waals surface area contributed by atoms with Gasteiger partial charge in [0, 0.05) is 69.7 Å². The van der Waals surface area contributed by atoms with Gasteiger partial charge >= 0.3 is 6.09 Å². The number of nitrogens with zero attached hydrogens (tertiary/aromatic N) is 5. The predicted molar refractivity (Wildman–Crippen MR) is 178 cm³/mol. The molecule has 2 aromatic heterocycles. The molecule has 0 spiro atoms. The number of amides is 2. The van der Waals surface area contributed by atoms with Gasteiger partial charge in [-0.2, -0.15) is 0 Å².